The third-order valence-electron chi connectivity index (χ3n) is 3.53. The minimum absolute atomic E-state index is 0.200. The second-order valence-electron chi connectivity index (χ2n) is 5.15. The molecule has 0 saturated heterocycles. The summed E-state index contributed by atoms with van der Waals surface area (Å²) < 4.78 is 42.0. The predicted molar refractivity (Wildman–Crippen MR) is 87.2 cm³/mol. The third kappa shape index (κ3) is 2.56. The Morgan fingerprint density at radius 1 is 0.917 bits per heavy atom. The van der Waals surface area contributed by atoms with Crippen molar-refractivity contribution in [1.29, 1.82) is 0 Å². The molecular weight excluding hydrogens is 335 g/mol. The molecule has 0 spiro atoms. The van der Waals surface area contributed by atoms with E-state index in [2.05, 4.69) is 10.1 Å². The van der Waals surface area contributed by atoms with Crippen molar-refractivity contribution in [2.75, 3.05) is 0 Å². The number of rotatable bonds is 2. The lowest BCUT2D eigenvalue weighted by atomic mass is 10.1. The normalized spacial score (nSPS) is 12.0. The maximum Gasteiger partial charge on any atom is 0.433 e. The molecule has 0 saturated carbocycles. The first-order valence-electron chi connectivity index (χ1n) is 7.11. The monoisotopic (exact) mass is 345 g/mol. The Labute approximate surface area is 139 Å². The number of thiazole rings is 1. The molecule has 0 atom stereocenters. The number of para-hydroxylation sites is 1. The summed E-state index contributed by atoms with van der Waals surface area (Å²) in [6.45, 7) is 0. The van der Waals surface area contributed by atoms with Gasteiger partial charge in [0, 0.05) is 5.56 Å². The predicted octanol–water partition coefficient (Wildman–Crippen LogP) is 5.17. The van der Waals surface area contributed by atoms with Gasteiger partial charge >= 0.3 is 6.18 Å². The second-order valence-corrected chi connectivity index (χ2v) is 6.16. The van der Waals surface area contributed by atoms with Crippen LogP contribution in [0.3, 0.4) is 0 Å². The van der Waals surface area contributed by atoms with Gasteiger partial charge in [-0.2, -0.15) is 18.3 Å². The van der Waals surface area contributed by atoms with E-state index in [4.69, 9.17) is 0 Å². The molecule has 7 heteroatoms. The Bertz CT molecular complexity index is 970. The Morgan fingerprint density at radius 3 is 2.33 bits per heavy atom. The van der Waals surface area contributed by atoms with Crippen molar-refractivity contribution in [2.45, 2.75) is 6.18 Å². The van der Waals surface area contributed by atoms with E-state index in [-0.39, 0.29) is 10.8 Å². The van der Waals surface area contributed by atoms with Crippen LogP contribution in [0.5, 0.6) is 0 Å². The van der Waals surface area contributed by atoms with Crippen LogP contribution in [0.2, 0.25) is 0 Å². The lowest BCUT2D eigenvalue weighted by molar-refractivity contribution is -0.142. The van der Waals surface area contributed by atoms with Crippen molar-refractivity contribution in [3.63, 3.8) is 0 Å². The summed E-state index contributed by atoms with van der Waals surface area (Å²) >= 11 is 1.18. The average Bonchev–Trinajstić information content (AvgIpc) is 3.19. The zero-order valence-electron chi connectivity index (χ0n) is 12.2. The zero-order chi connectivity index (χ0) is 16.7. The molecule has 24 heavy (non-hydrogen) atoms. The van der Waals surface area contributed by atoms with E-state index in [0.29, 0.717) is 11.1 Å². The first-order valence-corrected chi connectivity index (χ1v) is 7.93. The van der Waals surface area contributed by atoms with E-state index >= 15 is 0 Å². The fourth-order valence-corrected chi connectivity index (χ4v) is 3.36. The summed E-state index contributed by atoms with van der Waals surface area (Å²) in [5, 5.41) is 4.36. The minimum Gasteiger partial charge on any atom is -0.218 e. The van der Waals surface area contributed by atoms with Crippen molar-refractivity contribution in [1.82, 2.24) is 14.8 Å². The number of fused-ring (bicyclic) bond motifs is 1. The number of hydrogen-bond acceptors (Lipinski definition) is 3. The van der Waals surface area contributed by atoms with Crippen LogP contribution in [0.4, 0.5) is 13.2 Å². The van der Waals surface area contributed by atoms with Gasteiger partial charge in [-0.05, 0) is 18.2 Å². The van der Waals surface area contributed by atoms with Gasteiger partial charge in [-0.25, -0.2) is 9.67 Å². The van der Waals surface area contributed by atoms with E-state index in [1.165, 1.54) is 11.3 Å². The van der Waals surface area contributed by atoms with Crippen LogP contribution in [-0.2, 0) is 6.18 Å². The topological polar surface area (TPSA) is 30.7 Å². The summed E-state index contributed by atoms with van der Waals surface area (Å²) in [6, 6.07) is 17.1. The van der Waals surface area contributed by atoms with Crippen molar-refractivity contribution >= 4 is 21.6 Å². The molecule has 4 rings (SSSR count). The van der Waals surface area contributed by atoms with Gasteiger partial charge in [0.1, 0.15) is 0 Å². The van der Waals surface area contributed by atoms with E-state index < -0.39 is 11.9 Å². The Balaban J connectivity index is 1.91. The Hall–Kier alpha value is -2.67. The lowest BCUT2D eigenvalue weighted by Crippen LogP contribution is -2.12. The maximum absolute atomic E-state index is 13.4. The van der Waals surface area contributed by atoms with Gasteiger partial charge in [-0.3, -0.25) is 0 Å². The SMILES string of the molecule is FC(F)(F)c1cc(-c2ccccc2)nn1-c1nc2ccccc2s1. The second kappa shape index (κ2) is 5.45. The van der Waals surface area contributed by atoms with E-state index in [9.17, 15) is 13.2 Å². The smallest absolute Gasteiger partial charge is 0.218 e. The molecule has 0 aliphatic heterocycles. The van der Waals surface area contributed by atoms with Crippen molar-refractivity contribution in [3.8, 4) is 16.4 Å². The highest BCUT2D eigenvalue weighted by Gasteiger charge is 2.37. The average molecular weight is 345 g/mol. The van der Waals surface area contributed by atoms with Crippen LogP contribution in [0, 0.1) is 0 Å². The van der Waals surface area contributed by atoms with Gasteiger partial charge in [-0.1, -0.05) is 53.8 Å². The molecule has 0 radical (unpaired) electrons. The Morgan fingerprint density at radius 2 is 1.62 bits per heavy atom. The van der Waals surface area contributed by atoms with Crippen LogP contribution in [0.1, 0.15) is 5.69 Å². The third-order valence-corrected chi connectivity index (χ3v) is 4.55. The van der Waals surface area contributed by atoms with Gasteiger partial charge in [-0.15, -0.1) is 0 Å². The highest BCUT2D eigenvalue weighted by atomic mass is 32.1. The molecular formula is C17H10F3N3S. The summed E-state index contributed by atoms with van der Waals surface area (Å²) in [6.07, 6.45) is -4.52. The van der Waals surface area contributed by atoms with Crippen LogP contribution in [0.15, 0.2) is 60.7 Å². The van der Waals surface area contributed by atoms with Crippen molar-refractivity contribution < 1.29 is 13.2 Å². The first-order chi connectivity index (χ1) is 11.5. The van der Waals surface area contributed by atoms with E-state index in [1.807, 2.05) is 12.1 Å². The van der Waals surface area contributed by atoms with Crippen LogP contribution >= 0.6 is 11.3 Å². The molecule has 0 aliphatic rings. The van der Waals surface area contributed by atoms with Crippen LogP contribution in [0.25, 0.3) is 26.6 Å². The van der Waals surface area contributed by atoms with E-state index in [1.54, 1.807) is 42.5 Å². The number of benzene rings is 2. The molecule has 0 aliphatic carbocycles. The molecule has 2 heterocycles. The molecule has 0 fully saturated rings. The molecule has 0 amide bonds. The summed E-state index contributed by atoms with van der Waals surface area (Å²) in [7, 11) is 0. The molecule has 120 valence electrons. The standard InChI is InChI=1S/C17H10F3N3S/c18-17(19,20)15-10-13(11-6-2-1-3-7-11)22-23(15)16-21-12-8-4-5-9-14(12)24-16/h1-10H. The summed E-state index contributed by atoms with van der Waals surface area (Å²) in [5.74, 6) is 0. The van der Waals surface area contributed by atoms with Gasteiger partial charge in [0.2, 0.25) is 5.13 Å². The van der Waals surface area contributed by atoms with Gasteiger partial charge in [0.05, 0.1) is 15.9 Å². The van der Waals surface area contributed by atoms with Crippen LogP contribution < -0.4 is 0 Å². The molecule has 3 nitrogen and oxygen atoms in total. The number of hydrogen-bond donors (Lipinski definition) is 0. The summed E-state index contributed by atoms with van der Waals surface area (Å²) in [4.78, 5) is 4.28. The number of halogens is 3. The molecule has 0 unspecified atom stereocenters. The van der Waals surface area contributed by atoms with Gasteiger partial charge < -0.3 is 0 Å². The number of alkyl halides is 3. The minimum atomic E-state index is -4.52. The molecule has 2 aromatic heterocycles. The van der Waals surface area contributed by atoms with Crippen molar-refractivity contribution in [3.05, 3.63) is 66.4 Å². The fourth-order valence-electron chi connectivity index (χ4n) is 2.43. The summed E-state index contributed by atoms with van der Waals surface area (Å²) in [5.41, 5.74) is 0.716. The molecule has 0 N–H and O–H groups in total. The largest absolute Gasteiger partial charge is 0.433 e. The quantitative estimate of drug-likeness (QED) is 0.502. The van der Waals surface area contributed by atoms with Gasteiger partial charge in [0.15, 0.2) is 5.69 Å². The van der Waals surface area contributed by atoms with Crippen molar-refractivity contribution in [2.24, 2.45) is 0 Å². The number of aromatic nitrogens is 3. The maximum atomic E-state index is 13.4. The highest BCUT2D eigenvalue weighted by molar-refractivity contribution is 7.20. The first kappa shape index (κ1) is 14.9. The lowest BCUT2D eigenvalue weighted by Gasteiger charge is -2.06. The van der Waals surface area contributed by atoms with Crippen LogP contribution in [-0.4, -0.2) is 14.8 Å². The molecule has 2 aromatic carbocycles. The zero-order valence-corrected chi connectivity index (χ0v) is 13.0. The highest BCUT2D eigenvalue weighted by Crippen LogP contribution is 2.35. The number of nitrogens with zero attached hydrogens (tertiary/aromatic N) is 3. The Kier molecular flexibility index (Phi) is 3.38. The molecule has 0 bridgehead atoms. The van der Waals surface area contributed by atoms with E-state index in [0.717, 1.165) is 15.4 Å². The molecule has 4 aromatic rings. The fraction of sp³-hybridized carbons (Fsp3) is 0.0588. The van der Waals surface area contributed by atoms with Gasteiger partial charge in [0.25, 0.3) is 0 Å².